The van der Waals surface area contributed by atoms with Crippen LogP contribution < -0.4 is 0 Å². The molecule has 0 bridgehead atoms. The average molecular weight is 365 g/mol. The van der Waals surface area contributed by atoms with Gasteiger partial charge in [0.05, 0.1) is 0 Å². The van der Waals surface area contributed by atoms with Crippen LogP contribution in [0.15, 0.2) is 27.1 Å². The van der Waals surface area contributed by atoms with E-state index in [-0.39, 0.29) is 5.91 Å². The molecule has 2 heterocycles. The Labute approximate surface area is 139 Å². The fraction of sp³-hybridized carbons (Fsp3) is 0.471. The van der Waals surface area contributed by atoms with E-state index < -0.39 is 0 Å². The molecule has 1 saturated heterocycles. The van der Waals surface area contributed by atoms with Gasteiger partial charge < -0.3 is 9.32 Å². The molecule has 3 rings (SSSR count). The smallest absolute Gasteiger partial charge is 0.289 e. The number of aryl methyl sites for hydroxylation is 1. The van der Waals surface area contributed by atoms with Gasteiger partial charge in [0, 0.05) is 41.6 Å². The molecule has 5 heteroatoms. The molecule has 118 valence electrons. The molecule has 0 saturated carbocycles. The summed E-state index contributed by atoms with van der Waals surface area (Å²) in [6.45, 7) is 8.71. The van der Waals surface area contributed by atoms with Gasteiger partial charge in [-0.05, 0) is 38.1 Å². The van der Waals surface area contributed by atoms with Crippen LogP contribution in [0.5, 0.6) is 0 Å². The van der Waals surface area contributed by atoms with Crippen LogP contribution in [-0.4, -0.2) is 48.4 Å². The number of nitrogens with zero attached hydrogens (tertiary/aromatic N) is 2. The van der Waals surface area contributed by atoms with Crippen LogP contribution in [0.3, 0.4) is 0 Å². The third-order valence-electron chi connectivity index (χ3n) is 4.29. The summed E-state index contributed by atoms with van der Waals surface area (Å²) in [5, 5.41) is 1.00. The van der Waals surface area contributed by atoms with Gasteiger partial charge in [0.15, 0.2) is 5.76 Å². The van der Waals surface area contributed by atoms with Crippen molar-refractivity contribution in [1.29, 1.82) is 0 Å². The first-order valence-corrected chi connectivity index (χ1v) is 8.59. The summed E-state index contributed by atoms with van der Waals surface area (Å²) in [4.78, 5) is 17.1. The number of carbonyl (C=O) groups is 1. The molecule has 0 spiro atoms. The van der Waals surface area contributed by atoms with E-state index in [2.05, 4.69) is 27.8 Å². The summed E-state index contributed by atoms with van der Waals surface area (Å²) in [6, 6.07) is 5.84. The molecule has 0 atom stereocenters. The summed E-state index contributed by atoms with van der Waals surface area (Å²) >= 11 is 3.47. The zero-order valence-corrected chi connectivity index (χ0v) is 14.6. The number of piperazine rings is 1. The van der Waals surface area contributed by atoms with Crippen molar-refractivity contribution in [3.05, 3.63) is 34.0 Å². The van der Waals surface area contributed by atoms with E-state index in [0.717, 1.165) is 60.2 Å². The highest BCUT2D eigenvalue weighted by atomic mass is 79.9. The van der Waals surface area contributed by atoms with Gasteiger partial charge in [-0.1, -0.05) is 22.9 Å². The van der Waals surface area contributed by atoms with E-state index in [0.29, 0.717) is 5.76 Å². The first-order chi connectivity index (χ1) is 10.6. The third kappa shape index (κ3) is 2.92. The third-order valence-corrected chi connectivity index (χ3v) is 4.79. The van der Waals surface area contributed by atoms with E-state index in [1.165, 1.54) is 0 Å². The minimum absolute atomic E-state index is 0.0148. The van der Waals surface area contributed by atoms with Crippen LogP contribution in [0, 0.1) is 6.92 Å². The van der Waals surface area contributed by atoms with E-state index in [1.807, 2.05) is 30.0 Å². The average Bonchev–Trinajstić information content (AvgIpc) is 2.84. The highest BCUT2D eigenvalue weighted by Crippen LogP contribution is 2.29. The molecule has 0 unspecified atom stereocenters. The van der Waals surface area contributed by atoms with Crippen LogP contribution in [0.2, 0.25) is 0 Å². The molecule has 0 radical (unpaired) electrons. The van der Waals surface area contributed by atoms with Crippen molar-refractivity contribution in [2.24, 2.45) is 0 Å². The molecule has 1 aliphatic rings. The van der Waals surface area contributed by atoms with Crippen molar-refractivity contribution < 1.29 is 9.21 Å². The van der Waals surface area contributed by atoms with Crippen LogP contribution in [-0.2, 0) is 0 Å². The monoisotopic (exact) mass is 364 g/mol. The van der Waals surface area contributed by atoms with Crippen LogP contribution in [0.4, 0.5) is 0 Å². The standard InChI is InChI=1S/C17H21BrN2O2/c1-3-6-19-7-9-20(10-8-19)17(21)16-12(2)14-11-13(18)4-5-15(14)22-16/h4-5,11H,3,6-10H2,1-2H3. The molecule has 0 N–H and O–H groups in total. The molecule has 1 aromatic heterocycles. The van der Waals surface area contributed by atoms with Crippen LogP contribution in [0.25, 0.3) is 11.0 Å². The molecule has 0 aliphatic carbocycles. The number of furan rings is 1. The molecule has 1 amide bonds. The Kier molecular flexibility index (Phi) is 4.54. The van der Waals surface area contributed by atoms with Gasteiger partial charge in [-0.25, -0.2) is 0 Å². The highest BCUT2D eigenvalue weighted by molar-refractivity contribution is 9.10. The van der Waals surface area contributed by atoms with E-state index in [1.54, 1.807) is 0 Å². The Morgan fingerprint density at radius 2 is 2.00 bits per heavy atom. The Hall–Kier alpha value is -1.33. The lowest BCUT2D eigenvalue weighted by atomic mass is 10.1. The van der Waals surface area contributed by atoms with Gasteiger partial charge in [0.25, 0.3) is 5.91 Å². The molecule has 1 aliphatic heterocycles. The molecular formula is C17H21BrN2O2. The summed E-state index contributed by atoms with van der Waals surface area (Å²) in [6.07, 6.45) is 1.16. The second-order valence-electron chi connectivity index (χ2n) is 5.83. The number of carbonyl (C=O) groups excluding carboxylic acids is 1. The first kappa shape index (κ1) is 15.6. The van der Waals surface area contributed by atoms with Crippen molar-refractivity contribution in [1.82, 2.24) is 9.80 Å². The molecule has 1 aromatic carbocycles. The van der Waals surface area contributed by atoms with E-state index >= 15 is 0 Å². The quantitative estimate of drug-likeness (QED) is 0.833. The Balaban J connectivity index is 1.80. The van der Waals surface area contributed by atoms with Crippen LogP contribution in [0.1, 0.15) is 29.5 Å². The van der Waals surface area contributed by atoms with Gasteiger partial charge in [-0.15, -0.1) is 0 Å². The highest BCUT2D eigenvalue weighted by Gasteiger charge is 2.26. The zero-order chi connectivity index (χ0) is 15.7. The van der Waals surface area contributed by atoms with Crippen molar-refractivity contribution in [3.8, 4) is 0 Å². The number of rotatable bonds is 3. The largest absolute Gasteiger partial charge is 0.451 e. The predicted octanol–water partition coefficient (Wildman–Crippen LogP) is 3.67. The van der Waals surface area contributed by atoms with Crippen molar-refractivity contribution in [2.75, 3.05) is 32.7 Å². The van der Waals surface area contributed by atoms with Crippen molar-refractivity contribution in [3.63, 3.8) is 0 Å². The number of halogens is 1. The number of amides is 1. The molecule has 1 fully saturated rings. The topological polar surface area (TPSA) is 36.7 Å². The number of benzene rings is 1. The first-order valence-electron chi connectivity index (χ1n) is 7.80. The van der Waals surface area contributed by atoms with Gasteiger partial charge in [-0.2, -0.15) is 0 Å². The van der Waals surface area contributed by atoms with E-state index in [4.69, 9.17) is 4.42 Å². The molecule has 2 aromatic rings. The second-order valence-corrected chi connectivity index (χ2v) is 6.75. The van der Waals surface area contributed by atoms with Crippen molar-refractivity contribution in [2.45, 2.75) is 20.3 Å². The lowest BCUT2D eigenvalue weighted by Crippen LogP contribution is -2.48. The Bertz CT molecular complexity index is 687. The second kappa shape index (κ2) is 6.42. The molecule has 22 heavy (non-hydrogen) atoms. The number of hydrogen-bond donors (Lipinski definition) is 0. The normalized spacial score (nSPS) is 16.4. The fourth-order valence-corrected chi connectivity index (χ4v) is 3.39. The SMILES string of the molecule is CCCN1CCN(C(=O)c2oc3ccc(Br)cc3c2C)CC1. The minimum Gasteiger partial charge on any atom is -0.451 e. The van der Waals surface area contributed by atoms with Gasteiger partial charge >= 0.3 is 0 Å². The maximum atomic E-state index is 12.7. The summed E-state index contributed by atoms with van der Waals surface area (Å²) in [5.41, 5.74) is 1.70. The predicted molar refractivity (Wildman–Crippen MR) is 91.3 cm³/mol. The lowest BCUT2D eigenvalue weighted by Gasteiger charge is -2.34. The van der Waals surface area contributed by atoms with Gasteiger partial charge in [-0.3, -0.25) is 9.69 Å². The number of hydrogen-bond acceptors (Lipinski definition) is 3. The maximum Gasteiger partial charge on any atom is 0.289 e. The molecular weight excluding hydrogens is 344 g/mol. The van der Waals surface area contributed by atoms with Gasteiger partial charge in [0.1, 0.15) is 5.58 Å². The molecule has 4 nitrogen and oxygen atoms in total. The van der Waals surface area contributed by atoms with Gasteiger partial charge in [0.2, 0.25) is 0 Å². The summed E-state index contributed by atoms with van der Waals surface area (Å²) in [5.74, 6) is 0.498. The maximum absolute atomic E-state index is 12.7. The number of fused-ring (bicyclic) bond motifs is 1. The zero-order valence-electron chi connectivity index (χ0n) is 13.1. The summed E-state index contributed by atoms with van der Waals surface area (Å²) < 4.78 is 6.81. The lowest BCUT2D eigenvalue weighted by molar-refractivity contribution is 0.0608. The minimum atomic E-state index is 0.0148. The Morgan fingerprint density at radius 3 is 2.68 bits per heavy atom. The fourth-order valence-electron chi connectivity index (χ4n) is 3.03. The van der Waals surface area contributed by atoms with Crippen LogP contribution >= 0.6 is 15.9 Å². The van der Waals surface area contributed by atoms with E-state index in [9.17, 15) is 4.79 Å². The Morgan fingerprint density at radius 1 is 1.27 bits per heavy atom. The summed E-state index contributed by atoms with van der Waals surface area (Å²) in [7, 11) is 0. The van der Waals surface area contributed by atoms with Crippen molar-refractivity contribution >= 4 is 32.8 Å².